The molecule has 1 fully saturated rings. The van der Waals surface area contributed by atoms with Gasteiger partial charge in [-0.3, -0.25) is 0 Å². The maximum atomic E-state index is 5.58. The van der Waals surface area contributed by atoms with Gasteiger partial charge in [-0.25, -0.2) is 0 Å². The molecule has 66 valence electrons. The Balaban J connectivity index is 1.73. The minimum absolute atomic E-state index is 0.851. The highest BCUT2D eigenvalue weighted by Gasteiger charge is 2.15. The third kappa shape index (κ3) is 4.00. The molecule has 0 N–H and O–H groups in total. The number of hydrogen-bond donors (Lipinski definition) is 0. The van der Waals surface area contributed by atoms with Crippen LogP contribution >= 0.6 is 11.6 Å². The highest BCUT2D eigenvalue weighted by molar-refractivity contribution is 6.17. The van der Waals surface area contributed by atoms with Gasteiger partial charge in [0, 0.05) is 5.88 Å². The van der Waals surface area contributed by atoms with Crippen molar-refractivity contribution in [2.24, 2.45) is 5.92 Å². The van der Waals surface area contributed by atoms with E-state index in [0.29, 0.717) is 0 Å². The van der Waals surface area contributed by atoms with Gasteiger partial charge in [-0.1, -0.05) is 44.9 Å². The summed E-state index contributed by atoms with van der Waals surface area (Å²) in [4.78, 5) is 0. The number of halogens is 1. The molecule has 0 radical (unpaired) electrons. The van der Waals surface area contributed by atoms with Crippen LogP contribution in [0.4, 0.5) is 0 Å². The van der Waals surface area contributed by atoms with Gasteiger partial charge in [0.1, 0.15) is 0 Å². The predicted molar refractivity (Wildman–Crippen MR) is 51.1 cm³/mol. The van der Waals surface area contributed by atoms with Crippen LogP contribution in [0.1, 0.15) is 51.4 Å². The summed E-state index contributed by atoms with van der Waals surface area (Å²) in [5, 5.41) is 0. The van der Waals surface area contributed by atoms with Gasteiger partial charge < -0.3 is 0 Å². The van der Waals surface area contributed by atoms with E-state index in [2.05, 4.69) is 0 Å². The fourth-order valence-corrected chi connectivity index (χ4v) is 1.85. The van der Waals surface area contributed by atoms with Crippen LogP contribution < -0.4 is 0 Å². The van der Waals surface area contributed by atoms with E-state index in [1.807, 2.05) is 0 Å². The molecule has 0 aromatic heterocycles. The molecule has 0 unspecified atom stereocenters. The molecule has 0 aromatic rings. The molecular formula is C10H19Cl. The Labute approximate surface area is 75.3 Å². The van der Waals surface area contributed by atoms with Crippen molar-refractivity contribution >= 4 is 11.6 Å². The Morgan fingerprint density at radius 2 is 1.73 bits per heavy atom. The molecule has 1 aliphatic rings. The van der Waals surface area contributed by atoms with E-state index in [1.54, 1.807) is 0 Å². The van der Waals surface area contributed by atoms with Crippen molar-refractivity contribution in [2.45, 2.75) is 51.4 Å². The normalized spacial score (nSPS) is 18.3. The van der Waals surface area contributed by atoms with Gasteiger partial charge in [0.15, 0.2) is 0 Å². The maximum Gasteiger partial charge on any atom is 0.0223 e. The van der Waals surface area contributed by atoms with E-state index in [0.717, 1.165) is 11.8 Å². The van der Waals surface area contributed by atoms with Gasteiger partial charge in [0.25, 0.3) is 0 Å². The zero-order chi connectivity index (χ0) is 7.94. The lowest BCUT2D eigenvalue weighted by Crippen LogP contribution is -2.10. The molecule has 0 spiro atoms. The largest absolute Gasteiger partial charge is 0.127 e. The molecular weight excluding hydrogens is 156 g/mol. The number of unbranched alkanes of at least 4 members (excludes halogenated alkanes) is 3. The minimum atomic E-state index is 0.851. The first-order valence-electron chi connectivity index (χ1n) is 4.99. The van der Waals surface area contributed by atoms with E-state index in [1.165, 1.54) is 51.4 Å². The van der Waals surface area contributed by atoms with Gasteiger partial charge in [-0.05, 0) is 12.3 Å². The SMILES string of the molecule is ClCCCCCCC1CCC1. The van der Waals surface area contributed by atoms with Gasteiger partial charge in [-0.2, -0.15) is 0 Å². The summed E-state index contributed by atoms with van der Waals surface area (Å²) >= 11 is 5.58. The van der Waals surface area contributed by atoms with Crippen molar-refractivity contribution in [3.05, 3.63) is 0 Å². The smallest absolute Gasteiger partial charge is 0.0223 e. The Kier molecular flexibility index (Phi) is 5.01. The quantitative estimate of drug-likeness (QED) is 0.422. The lowest BCUT2D eigenvalue weighted by molar-refractivity contribution is 0.286. The predicted octanol–water partition coefficient (Wildman–Crippen LogP) is 3.98. The lowest BCUT2D eigenvalue weighted by atomic mass is 9.82. The molecule has 1 aliphatic carbocycles. The fourth-order valence-electron chi connectivity index (χ4n) is 1.66. The minimum Gasteiger partial charge on any atom is -0.127 e. The van der Waals surface area contributed by atoms with Crippen molar-refractivity contribution in [1.29, 1.82) is 0 Å². The second-order valence-corrected chi connectivity index (χ2v) is 4.07. The summed E-state index contributed by atoms with van der Waals surface area (Å²) < 4.78 is 0. The van der Waals surface area contributed by atoms with E-state index >= 15 is 0 Å². The molecule has 0 heterocycles. The Morgan fingerprint density at radius 1 is 1.00 bits per heavy atom. The van der Waals surface area contributed by atoms with Crippen molar-refractivity contribution in [1.82, 2.24) is 0 Å². The second-order valence-electron chi connectivity index (χ2n) is 3.69. The highest BCUT2D eigenvalue weighted by Crippen LogP contribution is 2.30. The first-order valence-corrected chi connectivity index (χ1v) is 5.53. The van der Waals surface area contributed by atoms with Gasteiger partial charge >= 0.3 is 0 Å². The molecule has 11 heavy (non-hydrogen) atoms. The Hall–Kier alpha value is 0.290. The fraction of sp³-hybridized carbons (Fsp3) is 1.00. The topological polar surface area (TPSA) is 0 Å². The van der Waals surface area contributed by atoms with E-state index < -0.39 is 0 Å². The molecule has 0 atom stereocenters. The van der Waals surface area contributed by atoms with Crippen LogP contribution in [0.2, 0.25) is 0 Å². The highest BCUT2D eigenvalue weighted by atomic mass is 35.5. The van der Waals surface area contributed by atoms with Crippen LogP contribution in [0.3, 0.4) is 0 Å². The van der Waals surface area contributed by atoms with Gasteiger partial charge in [-0.15, -0.1) is 11.6 Å². The summed E-state index contributed by atoms with van der Waals surface area (Å²) in [6.07, 6.45) is 11.4. The van der Waals surface area contributed by atoms with Crippen molar-refractivity contribution < 1.29 is 0 Å². The van der Waals surface area contributed by atoms with Crippen molar-refractivity contribution in [3.8, 4) is 0 Å². The number of alkyl halides is 1. The van der Waals surface area contributed by atoms with Gasteiger partial charge in [0.05, 0.1) is 0 Å². The molecule has 0 nitrogen and oxygen atoms in total. The van der Waals surface area contributed by atoms with Crippen LogP contribution in [-0.2, 0) is 0 Å². The summed E-state index contributed by atoms with van der Waals surface area (Å²) in [5.74, 6) is 1.95. The van der Waals surface area contributed by atoms with Crippen LogP contribution in [0, 0.1) is 5.92 Å². The summed E-state index contributed by atoms with van der Waals surface area (Å²) in [7, 11) is 0. The summed E-state index contributed by atoms with van der Waals surface area (Å²) in [5.41, 5.74) is 0. The monoisotopic (exact) mass is 174 g/mol. The molecule has 0 aromatic carbocycles. The summed E-state index contributed by atoms with van der Waals surface area (Å²) in [6.45, 7) is 0. The Bertz CT molecular complexity index is 86.9. The van der Waals surface area contributed by atoms with Crippen LogP contribution in [0.25, 0.3) is 0 Å². The zero-order valence-corrected chi connectivity index (χ0v) is 8.08. The molecule has 0 aliphatic heterocycles. The van der Waals surface area contributed by atoms with Crippen molar-refractivity contribution in [3.63, 3.8) is 0 Å². The third-order valence-corrected chi connectivity index (χ3v) is 2.99. The van der Waals surface area contributed by atoms with E-state index in [9.17, 15) is 0 Å². The summed E-state index contributed by atoms with van der Waals surface area (Å²) in [6, 6.07) is 0. The molecule has 0 bridgehead atoms. The molecule has 0 amide bonds. The van der Waals surface area contributed by atoms with Crippen LogP contribution in [0.15, 0.2) is 0 Å². The molecule has 1 rings (SSSR count). The number of hydrogen-bond acceptors (Lipinski definition) is 0. The molecule has 0 saturated heterocycles. The zero-order valence-electron chi connectivity index (χ0n) is 7.32. The average Bonchev–Trinajstić information content (AvgIpc) is 1.93. The lowest BCUT2D eigenvalue weighted by Gasteiger charge is -2.24. The van der Waals surface area contributed by atoms with Crippen LogP contribution in [0.5, 0.6) is 0 Å². The maximum absolute atomic E-state index is 5.58. The van der Waals surface area contributed by atoms with E-state index in [4.69, 9.17) is 11.6 Å². The Morgan fingerprint density at radius 3 is 2.27 bits per heavy atom. The van der Waals surface area contributed by atoms with Crippen molar-refractivity contribution in [2.75, 3.05) is 5.88 Å². The molecule has 1 heteroatoms. The first kappa shape index (κ1) is 9.38. The first-order chi connectivity index (χ1) is 5.43. The van der Waals surface area contributed by atoms with Gasteiger partial charge in [0.2, 0.25) is 0 Å². The van der Waals surface area contributed by atoms with E-state index in [-0.39, 0.29) is 0 Å². The average molecular weight is 175 g/mol. The number of rotatable bonds is 6. The third-order valence-electron chi connectivity index (χ3n) is 2.72. The standard InChI is InChI=1S/C10H19Cl/c11-9-4-2-1-3-6-10-7-5-8-10/h10H,1-9H2. The molecule has 1 saturated carbocycles. The van der Waals surface area contributed by atoms with Crippen LogP contribution in [-0.4, -0.2) is 5.88 Å². The second kappa shape index (κ2) is 5.88.